The van der Waals surface area contributed by atoms with Crippen LogP contribution in [0.4, 0.5) is 0 Å². The molecule has 1 heterocycles. The largest absolute Gasteiger partial charge is 0.481 e. The van der Waals surface area contributed by atoms with E-state index in [4.69, 9.17) is 5.73 Å². The van der Waals surface area contributed by atoms with Crippen LogP contribution in [0.25, 0.3) is 0 Å². The molecular formula is C10H16N4O2. The first-order valence-corrected chi connectivity index (χ1v) is 5.37. The van der Waals surface area contributed by atoms with Crippen molar-refractivity contribution in [3.05, 3.63) is 11.9 Å². The van der Waals surface area contributed by atoms with Gasteiger partial charge in [-0.3, -0.25) is 9.48 Å². The number of hydrogen-bond donors (Lipinski definition) is 2. The molecule has 1 saturated carbocycles. The molecule has 1 unspecified atom stereocenters. The van der Waals surface area contributed by atoms with Crippen LogP contribution < -0.4 is 5.73 Å². The molecule has 1 aromatic rings. The normalized spacial score (nSPS) is 19.4. The number of nitrogens with two attached hydrogens (primary N) is 1. The first-order chi connectivity index (χ1) is 7.58. The van der Waals surface area contributed by atoms with E-state index in [1.807, 2.05) is 0 Å². The molecule has 1 aliphatic rings. The van der Waals surface area contributed by atoms with Crippen molar-refractivity contribution in [1.82, 2.24) is 15.0 Å². The van der Waals surface area contributed by atoms with Gasteiger partial charge in [0, 0.05) is 26.2 Å². The van der Waals surface area contributed by atoms with E-state index >= 15 is 0 Å². The van der Waals surface area contributed by atoms with Crippen LogP contribution in [0, 0.1) is 11.3 Å². The molecule has 6 nitrogen and oxygen atoms in total. The van der Waals surface area contributed by atoms with Crippen molar-refractivity contribution in [1.29, 1.82) is 0 Å². The molecule has 0 saturated heterocycles. The smallest absolute Gasteiger partial charge is 0.311 e. The molecule has 1 fully saturated rings. The third-order valence-corrected chi connectivity index (χ3v) is 3.30. The minimum Gasteiger partial charge on any atom is -0.481 e. The Balaban J connectivity index is 2.22. The summed E-state index contributed by atoms with van der Waals surface area (Å²) in [6, 6.07) is 0. The lowest BCUT2D eigenvalue weighted by Gasteiger charge is -2.26. The number of aliphatic carboxylic acids is 1. The van der Waals surface area contributed by atoms with E-state index in [0.717, 1.165) is 12.8 Å². The van der Waals surface area contributed by atoms with Gasteiger partial charge < -0.3 is 10.8 Å². The molecule has 2 rings (SSSR count). The van der Waals surface area contributed by atoms with Gasteiger partial charge in [-0.1, -0.05) is 5.21 Å². The molecular weight excluding hydrogens is 208 g/mol. The maximum Gasteiger partial charge on any atom is 0.311 e. The van der Waals surface area contributed by atoms with Gasteiger partial charge in [-0.05, 0) is 18.8 Å². The molecule has 0 spiro atoms. The molecule has 0 radical (unpaired) electrons. The number of nitrogens with zero attached hydrogens (tertiary/aromatic N) is 3. The Bertz CT molecular complexity index is 399. The van der Waals surface area contributed by atoms with E-state index < -0.39 is 11.4 Å². The van der Waals surface area contributed by atoms with E-state index in [9.17, 15) is 9.90 Å². The third kappa shape index (κ3) is 1.80. The summed E-state index contributed by atoms with van der Waals surface area (Å²) < 4.78 is 1.57. The van der Waals surface area contributed by atoms with Crippen LogP contribution in [0.15, 0.2) is 6.20 Å². The highest BCUT2D eigenvalue weighted by atomic mass is 16.4. The summed E-state index contributed by atoms with van der Waals surface area (Å²) in [6.45, 7) is 0.156. The van der Waals surface area contributed by atoms with E-state index in [1.54, 1.807) is 17.9 Å². The van der Waals surface area contributed by atoms with Crippen LogP contribution in [0.3, 0.4) is 0 Å². The monoisotopic (exact) mass is 224 g/mol. The maximum absolute atomic E-state index is 11.4. The maximum atomic E-state index is 11.4. The lowest BCUT2D eigenvalue weighted by Crippen LogP contribution is -2.42. The minimum atomic E-state index is -0.851. The van der Waals surface area contributed by atoms with Crippen LogP contribution in [0.1, 0.15) is 18.5 Å². The van der Waals surface area contributed by atoms with Gasteiger partial charge in [-0.15, -0.1) is 5.10 Å². The summed E-state index contributed by atoms with van der Waals surface area (Å²) >= 11 is 0. The lowest BCUT2D eigenvalue weighted by molar-refractivity contribution is -0.149. The Labute approximate surface area is 93.4 Å². The quantitative estimate of drug-likeness (QED) is 0.722. The molecule has 0 aliphatic heterocycles. The van der Waals surface area contributed by atoms with Crippen molar-refractivity contribution >= 4 is 5.97 Å². The van der Waals surface area contributed by atoms with E-state index in [0.29, 0.717) is 12.1 Å². The first-order valence-electron chi connectivity index (χ1n) is 5.37. The predicted octanol–water partition coefficient (Wildman–Crippen LogP) is -0.203. The van der Waals surface area contributed by atoms with Gasteiger partial charge in [0.1, 0.15) is 0 Å². The van der Waals surface area contributed by atoms with Crippen LogP contribution in [0.2, 0.25) is 0 Å². The fourth-order valence-electron chi connectivity index (χ4n) is 2.16. The van der Waals surface area contributed by atoms with Crippen molar-refractivity contribution < 1.29 is 9.90 Å². The van der Waals surface area contributed by atoms with Crippen LogP contribution in [0.5, 0.6) is 0 Å². The topological polar surface area (TPSA) is 94.0 Å². The third-order valence-electron chi connectivity index (χ3n) is 3.30. The predicted molar refractivity (Wildman–Crippen MR) is 56.6 cm³/mol. The minimum absolute atomic E-state index is 0.156. The van der Waals surface area contributed by atoms with Crippen LogP contribution >= 0.6 is 0 Å². The van der Waals surface area contributed by atoms with E-state index in [1.165, 1.54) is 0 Å². The first kappa shape index (κ1) is 11.1. The fraction of sp³-hybridized carbons (Fsp3) is 0.700. The Morgan fingerprint density at radius 2 is 2.44 bits per heavy atom. The van der Waals surface area contributed by atoms with Gasteiger partial charge in [0.2, 0.25) is 0 Å². The molecule has 0 bridgehead atoms. The summed E-state index contributed by atoms with van der Waals surface area (Å²) in [7, 11) is 1.76. The van der Waals surface area contributed by atoms with Crippen molar-refractivity contribution in [3.8, 4) is 0 Å². The Morgan fingerprint density at radius 3 is 2.81 bits per heavy atom. The number of carboxylic acids is 1. The lowest BCUT2D eigenvalue weighted by atomic mass is 9.78. The number of carbonyl (C=O) groups is 1. The number of aryl methyl sites for hydroxylation is 1. The molecule has 0 aromatic carbocycles. The SMILES string of the molecule is Cn1cc(CC(CN)(C(=O)O)C2CC2)nn1. The number of aromatic nitrogens is 3. The Kier molecular flexibility index (Phi) is 2.67. The van der Waals surface area contributed by atoms with Gasteiger partial charge >= 0.3 is 5.97 Å². The number of rotatable bonds is 5. The Hall–Kier alpha value is -1.43. The number of carboxylic acid groups (broad SMARTS) is 1. The van der Waals surface area contributed by atoms with Crippen molar-refractivity contribution in [2.24, 2.45) is 24.1 Å². The summed E-state index contributed by atoms with van der Waals surface area (Å²) in [6.07, 6.45) is 4.01. The summed E-state index contributed by atoms with van der Waals surface area (Å²) in [5.74, 6) is -0.625. The zero-order valence-corrected chi connectivity index (χ0v) is 9.26. The zero-order valence-electron chi connectivity index (χ0n) is 9.26. The van der Waals surface area contributed by atoms with Gasteiger partial charge in [0.25, 0.3) is 0 Å². The summed E-state index contributed by atoms with van der Waals surface area (Å²) in [4.78, 5) is 11.4. The molecule has 1 aliphatic carbocycles. The molecule has 88 valence electrons. The fourth-order valence-corrected chi connectivity index (χ4v) is 2.16. The molecule has 0 amide bonds. The number of hydrogen-bond acceptors (Lipinski definition) is 4. The average molecular weight is 224 g/mol. The highest BCUT2D eigenvalue weighted by Crippen LogP contribution is 2.47. The molecule has 1 aromatic heterocycles. The van der Waals surface area contributed by atoms with E-state index in [2.05, 4.69) is 10.3 Å². The molecule has 16 heavy (non-hydrogen) atoms. The second-order valence-electron chi connectivity index (χ2n) is 4.50. The van der Waals surface area contributed by atoms with E-state index in [-0.39, 0.29) is 12.5 Å². The van der Waals surface area contributed by atoms with Gasteiger partial charge in [-0.25, -0.2) is 0 Å². The molecule has 3 N–H and O–H groups in total. The van der Waals surface area contributed by atoms with Crippen molar-refractivity contribution in [2.75, 3.05) is 6.54 Å². The average Bonchev–Trinajstić information content (AvgIpc) is 3.00. The second-order valence-corrected chi connectivity index (χ2v) is 4.50. The molecule has 6 heteroatoms. The summed E-state index contributed by atoms with van der Waals surface area (Å²) in [5, 5.41) is 17.1. The van der Waals surface area contributed by atoms with Crippen molar-refractivity contribution in [2.45, 2.75) is 19.3 Å². The highest BCUT2D eigenvalue weighted by Gasteiger charge is 2.50. The highest BCUT2D eigenvalue weighted by molar-refractivity contribution is 5.76. The summed E-state index contributed by atoms with van der Waals surface area (Å²) in [5.41, 5.74) is 5.51. The second kappa shape index (κ2) is 3.86. The van der Waals surface area contributed by atoms with Crippen LogP contribution in [-0.2, 0) is 18.3 Å². The van der Waals surface area contributed by atoms with Crippen molar-refractivity contribution in [3.63, 3.8) is 0 Å². The Morgan fingerprint density at radius 1 is 1.75 bits per heavy atom. The zero-order chi connectivity index (χ0) is 11.8. The van der Waals surface area contributed by atoms with Crippen LogP contribution in [-0.4, -0.2) is 32.6 Å². The van der Waals surface area contributed by atoms with Gasteiger partial charge in [-0.2, -0.15) is 0 Å². The van der Waals surface area contributed by atoms with Gasteiger partial charge in [0.05, 0.1) is 11.1 Å². The standard InChI is InChI=1S/C10H16N4O2/c1-14-5-8(12-13-14)4-10(6-11,9(15)16)7-2-3-7/h5,7H,2-4,6,11H2,1H3,(H,15,16). The molecule has 1 atom stereocenters. The van der Waals surface area contributed by atoms with Gasteiger partial charge in [0.15, 0.2) is 0 Å².